The van der Waals surface area contributed by atoms with E-state index in [-0.39, 0.29) is 17.9 Å². The molecule has 1 aromatic rings. The molecule has 3 heteroatoms. The second kappa shape index (κ2) is 6.40. The van der Waals surface area contributed by atoms with Gasteiger partial charge in [0.25, 0.3) is 0 Å². The van der Waals surface area contributed by atoms with Crippen molar-refractivity contribution in [3.05, 3.63) is 34.9 Å². The molecule has 1 aliphatic rings. The van der Waals surface area contributed by atoms with Crippen LogP contribution in [-0.2, 0) is 4.79 Å². The second-order valence-electron chi connectivity index (χ2n) is 6.23. The largest absolute Gasteiger partial charge is 0.349 e. The monoisotopic (exact) mass is 274 g/mol. The Bertz CT molecular complexity index is 464. The standard InChI is InChI=1S/C17H26N2O/c1-11-7-12(2)9-16(8-11)14(4)19-17(20)15-5-6-18-13(3)10-15/h7-9,13-15,18H,5-6,10H2,1-4H3,(H,19,20)/t13-,14?,15-/m0/s1. The molecule has 0 saturated carbocycles. The average molecular weight is 274 g/mol. The normalized spacial score (nSPS) is 24.2. The summed E-state index contributed by atoms with van der Waals surface area (Å²) in [6.45, 7) is 9.35. The first-order chi connectivity index (χ1) is 9.45. The second-order valence-corrected chi connectivity index (χ2v) is 6.23. The Morgan fingerprint density at radius 1 is 1.30 bits per heavy atom. The van der Waals surface area contributed by atoms with Crippen molar-refractivity contribution in [2.45, 2.75) is 52.6 Å². The smallest absolute Gasteiger partial charge is 0.223 e. The molecule has 1 fully saturated rings. The fourth-order valence-corrected chi connectivity index (χ4v) is 3.04. The number of piperidine rings is 1. The van der Waals surface area contributed by atoms with Crippen LogP contribution >= 0.6 is 0 Å². The summed E-state index contributed by atoms with van der Waals surface area (Å²) in [5.41, 5.74) is 3.69. The van der Waals surface area contributed by atoms with Crippen LogP contribution in [0.15, 0.2) is 18.2 Å². The molecule has 0 aromatic heterocycles. The Labute approximate surface area is 122 Å². The van der Waals surface area contributed by atoms with Gasteiger partial charge in [-0.3, -0.25) is 4.79 Å². The van der Waals surface area contributed by atoms with Crippen molar-refractivity contribution in [2.75, 3.05) is 6.54 Å². The van der Waals surface area contributed by atoms with Gasteiger partial charge in [0.05, 0.1) is 6.04 Å². The van der Waals surface area contributed by atoms with Crippen LogP contribution in [0, 0.1) is 19.8 Å². The van der Waals surface area contributed by atoms with E-state index in [0.29, 0.717) is 6.04 Å². The Morgan fingerprint density at radius 3 is 2.55 bits per heavy atom. The van der Waals surface area contributed by atoms with E-state index in [2.05, 4.69) is 56.5 Å². The third kappa shape index (κ3) is 3.83. The molecule has 1 aliphatic heterocycles. The number of amides is 1. The molecule has 1 aromatic carbocycles. The highest BCUT2D eigenvalue weighted by Gasteiger charge is 2.25. The molecule has 0 aliphatic carbocycles. The number of carbonyl (C=O) groups excluding carboxylic acids is 1. The first-order valence-electron chi connectivity index (χ1n) is 7.57. The van der Waals surface area contributed by atoms with E-state index in [1.54, 1.807) is 0 Å². The van der Waals surface area contributed by atoms with Crippen molar-refractivity contribution < 1.29 is 4.79 Å². The zero-order valence-electron chi connectivity index (χ0n) is 13.0. The zero-order valence-corrected chi connectivity index (χ0v) is 13.0. The Kier molecular flexibility index (Phi) is 4.81. The summed E-state index contributed by atoms with van der Waals surface area (Å²) < 4.78 is 0. The highest BCUT2D eigenvalue weighted by Crippen LogP contribution is 2.20. The SMILES string of the molecule is Cc1cc(C)cc(C(C)NC(=O)[C@H]2CCN[C@@H](C)C2)c1. The molecule has 0 radical (unpaired) electrons. The lowest BCUT2D eigenvalue weighted by Gasteiger charge is -2.28. The molecule has 3 nitrogen and oxygen atoms in total. The highest BCUT2D eigenvalue weighted by molar-refractivity contribution is 5.79. The Balaban J connectivity index is 1.99. The minimum Gasteiger partial charge on any atom is -0.349 e. The summed E-state index contributed by atoms with van der Waals surface area (Å²) in [5, 5.41) is 6.56. The third-order valence-electron chi connectivity index (χ3n) is 4.10. The molecule has 110 valence electrons. The lowest BCUT2D eigenvalue weighted by molar-refractivity contribution is -0.126. The minimum absolute atomic E-state index is 0.0753. The van der Waals surface area contributed by atoms with Gasteiger partial charge in [0.2, 0.25) is 5.91 Å². The van der Waals surface area contributed by atoms with Crippen molar-refractivity contribution in [1.82, 2.24) is 10.6 Å². The van der Waals surface area contributed by atoms with Gasteiger partial charge in [0.1, 0.15) is 0 Å². The van der Waals surface area contributed by atoms with E-state index in [9.17, 15) is 4.79 Å². The Hall–Kier alpha value is -1.35. The number of benzene rings is 1. The van der Waals surface area contributed by atoms with Gasteiger partial charge in [-0.2, -0.15) is 0 Å². The fraction of sp³-hybridized carbons (Fsp3) is 0.588. The molecule has 1 saturated heterocycles. The van der Waals surface area contributed by atoms with Gasteiger partial charge in [-0.05, 0) is 52.6 Å². The van der Waals surface area contributed by atoms with Crippen molar-refractivity contribution in [2.24, 2.45) is 5.92 Å². The molecule has 3 atom stereocenters. The number of aryl methyl sites for hydroxylation is 2. The van der Waals surface area contributed by atoms with Crippen molar-refractivity contribution >= 4 is 5.91 Å². The molecule has 1 unspecified atom stereocenters. The lowest BCUT2D eigenvalue weighted by atomic mass is 9.92. The molecule has 1 amide bonds. The van der Waals surface area contributed by atoms with E-state index < -0.39 is 0 Å². The van der Waals surface area contributed by atoms with Crippen LogP contribution < -0.4 is 10.6 Å². The quantitative estimate of drug-likeness (QED) is 0.890. The fourth-order valence-electron chi connectivity index (χ4n) is 3.04. The molecule has 2 N–H and O–H groups in total. The summed E-state index contributed by atoms with van der Waals surface area (Å²) >= 11 is 0. The summed E-state index contributed by atoms with van der Waals surface area (Å²) in [5.74, 6) is 0.351. The predicted molar refractivity (Wildman–Crippen MR) is 82.7 cm³/mol. The van der Waals surface area contributed by atoms with Gasteiger partial charge < -0.3 is 10.6 Å². The summed E-state index contributed by atoms with van der Waals surface area (Å²) in [7, 11) is 0. The van der Waals surface area contributed by atoms with Gasteiger partial charge in [-0.1, -0.05) is 29.3 Å². The van der Waals surface area contributed by atoms with Crippen molar-refractivity contribution in [1.29, 1.82) is 0 Å². The van der Waals surface area contributed by atoms with Crippen LogP contribution in [0.4, 0.5) is 0 Å². The molecule has 0 spiro atoms. The molecule has 0 bridgehead atoms. The first kappa shape index (κ1) is 15.0. The van der Waals surface area contributed by atoms with Gasteiger partial charge in [-0.15, -0.1) is 0 Å². The molecule has 20 heavy (non-hydrogen) atoms. The molecule has 1 heterocycles. The lowest BCUT2D eigenvalue weighted by Crippen LogP contribution is -2.42. The minimum atomic E-state index is 0.0753. The predicted octanol–water partition coefficient (Wildman–Crippen LogP) is 2.87. The summed E-state index contributed by atoms with van der Waals surface area (Å²) in [4.78, 5) is 12.4. The number of carbonyl (C=O) groups is 1. The van der Waals surface area contributed by atoms with Crippen LogP contribution in [0.5, 0.6) is 0 Å². The zero-order chi connectivity index (χ0) is 14.7. The summed E-state index contributed by atoms with van der Waals surface area (Å²) in [6, 6.07) is 6.99. The van der Waals surface area contributed by atoms with Crippen LogP contribution in [0.25, 0.3) is 0 Å². The summed E-state index contributed by atoms with van der Waals surface area (Å²) in [6.07, 6.45) is 1.88. The molecular formula is C17H26N2O. The average Bonchev–Trinajstić information content (AvgIpc) is 2.37. The topological polar surface area (TPSA) is 41.1 Å². The van der Waals surface area contributed by atoms with Gasteiger partial charge in [-0.25, -0.2) is 0 Å². The number of rotatable bonds is 3. The molecular weight excluding hydrogens is 248 g/mol. The van der Waals surface area contributed by atoms with Crippen LogP contribution in [0.3, 0.4) is 0 Å². The van der Waals surface area contributed by atoms with Gasteiger partial charge in [0, 0.05) is 12.0 Å². The maximum Gasteiger partial charge on any atom is 0.223 e. The first-order valence-corrected chi connectivity index (χ1v) is 7.57. The highest BCUT2D eigenvalue weighted by atomic mass is 16.1. The maximum absolute atomic E-state index is 12.4. The van der Waals surface area contributed by atoms with Crippen molar-refractivity contribution in [3.63, 3.8) is 0 Å². The maximum atomic E-state index is 12.4. The van der Waals surface area contributed by atoms with E-state index in [1.807, 2.05) is 0 Å². The Morgan fingerprint density at radius 2 is 1.95 bits per heavy atom. The number of hydrogen-bond acceptors (Lipinski definition) is 2. The number of nitrogens with one attached hydrogen (secondary N) is 2. The van der Waals surface area contributed by atoms with Crippen molar-refractivity contribution in [3.8, 4) is 0 Å². The third-order valence-corrected chi connectivity index (χ3v) is 4.10. The number of hydrogen-bond donors (Lipinski definition) is 2. The molecule has 2 rings (SSSR count). The van der Waals surface area contributed by atoms with Crippen LogP contribution in [0.2, 0.25) is 0 Å². The van der Waals surface area contributed by atoms with E-state index >= 15 is 0 Å². The van der Waals surface area contributed by atoms with Crippen LogP contribution in [-0.4, -0.2) is 18.5 Å². The van der Waals surface area contributed by atoms with E-state index in [1.165, 1.54) is 16.7 Å². The van der Waals surface area contributed by atoms with E-state index in [4.69, 9.17) is 0 Å². The van der Waals surface area contributed by atoms with Crippen LogP contribution in [0.1, 0.15) is 49.4 Å². The van der Waals surface area contributed by atoms with Gasteiger partial charge >= 0.3 is 0 Å². The van der Waals surface area contributed by atoms with Gasteiger partial charge in [0.15, 0.2) is 0 Å². The van der Waals surface area contributed by atoms with E-state index in [0.717, 1.165) is 19.4 Å².